The normalized spacial score (nSPS) is 12.1. The largest absolute Gasteiger partial charge is 0.508 e. The van der Waals surface area contributed by atoms with Gasteiger partial charge in [0.15, 0.2) is 5.78 Å². The second kappa shape index (κ2) is 6.98. The van der Waals surface area contributed by atoms with E-state index in [2.05, 4.69) is 11.5 Å². The minimum atomic E-state index is 0.0665. The predicted octanol–water partition coefficient (Wildman–Crippen LogP) is 4.85. The maximum Gasteiger partial charge on any atom is 0.194 e. The van der Waals surface area contributed by atoms with Gasteiger partial charge in [0.05, 0.1) is 0 Å². The molecule has 0 radical (unpaired) electrons. The molecule has 0 aliphatic carbocycles. The third-order valence-corrected chi connectivity index (χ3v) is 4.67. The Morgan fingerprint density at radius 2 is 1.68 bits per heavy atom. The molecule has 1 N–H and O–H groups in total. The lowest BCUT2D eigenvalue weighted by atomic mass is 10.0. The van der Waals surface area contributed by atoms with Crippen LogP contribution in [-0.4, -0.2) is 15.5 Å². The summed E-state index contributed by atoms with van der Waals surface area (Å²) >= 11 is 0. The highest BCUT2D eigenvalue weighted by Crippen LogP contribution is 2.25. The second-order valence-electron chi connectivity index (χ2n) is 6.57. The van der Waals surface area contributed by atoms with E-state index in [1.807, 2.05) is 62.4 Å². The third kappa shape index (κ3) is 3.50. The van der Waals surface area contributed by atoms with Crippen LogP contribution in [0.5, 0.6) is 5.75 Å². The molecule has 1 atom stereocenters. The Morgan fingerprint density at radius 1 is 1.04 bits per heavy atom. The van der Waals surface area contributed by atoms with Gasteiger partial charge >= 0.3 is 0 Å². The van der Waals surface area contributed by atoms with Gasteiger partial charge in [-0.25, -0.2) is 0 Å². The van der Waals surface area contributed by atoms with E-state index in [-0.39, 0.29) is 17.6 Å². The van der Waals surface area contributed by atoms with Crippen LogP contribution in [0.1, 0.15) is 45.8 Å². The van der Waals surface area contributed by atoms with Crippen molar-refractivity contribution >= 4 is 5.78 Å². The highest BCUT2D eigenvalue weighted by molar-refractivity contribution is 6.09. The quantitative estimate of drug-likeness (QED) is 0.679. The number of benzene rings is 2. The Bertz CT molecular complexity index is 876. The van der Waals surface area contributed by atoms with Crippen molar-refractivity contribution in [2.24, 2.45) is 0 Å². The molecule has 0 fully saturated rings. The van der Waals surface area contributed by atoms with Gasteiger partial charge in [-0.3, -0.25) is 4.79 Å². The number of nitrogens with zero attached hydrogens (tertiary/aromatic N) is 1. The highest BCUT2D eigenvalue weighted by Gasteiger charge is 2.19. The van der Waals surface area contributed by atoms with Crippen LogP contribution in [0.4, 0.5) is 0 Å². The first kappa shape index (κ1) is 17.0. The summed E-state index contributed by atoms with van der Waals surface area (Å²) in [6.45, 7) is 6.21. The van der Waals surface area contributed by atoms with Gasteiger partial charge in [0.1, 0.15) is 5.75 Å². The van der Waals surface area contributed by atoms with Crippen molar-refractivity contribution in [1.29, 1.82) is 0 Å². The van der Waals surface area contributed by atoms with Crippen LogP contribution in [0.3, 0.4) is 0 Å². The molecular formula is C22H23NO2. The fraction of sp³-hybridized carbons (Fsp3) is 0.227. The molecule has 2 aromatic carbocycles. The van der Waals surface area contributed by atoms with Gasteiger partial charge in [0.25, 0.3) is 0 Å². The van der Waals surface area contributed by atoms with Gasteiger partial charge in [-0.05, 0) is 51.0 Å². The van der Waals surface area contributed by atoms with Gasteiger partial charge in [-0.15, -0.1) is 0 Å². The van der Waals surface area contributed by atoms with Crippen LogP contribution in [0, 0.1) is 13.8 Å². The van der Waals surface area contributed by atoms with Crippen molar-refractivity contribution in [3.05, 3.63) is 88.7 Å². The van der Waals surface area contributed by atoms with Crippen LogP contribution in [-0.2, 0) is 6.42 Å². The molecule has 0 amide bonds. The summed E-state index contributed by atoms with van der Waals surface area (Å²) in [6, 6.07) is 18.9. The third-order valence-electron chi connectivity index (χ3n) is 4.67. The lowest BCUT2D eigenvalue weighted by Gasteiger charge is -2.19. The molecule has 0 saturated heterocycles. The van der Waals surface area contributed by atoms with Crippen LogP contribution in [0.15, 0.2) is 60.7 Å². The summed E-state index contributed by atoms with van der Waals surface area (Å²) in [5.41, 5.74) is 4.73. The van der Waals surface area contributed by atoms with E-state index in [1.165, 1.54) is 0 Å². The summed E-state index contributed by atoms with van der Waals surface area (Å²) in [5, 5.41) is 9.43. The zero-order valence-electron chi connectivity index (χ0n) is 14.9. The van der Waals surface area contributed by atoms with Crippen LogP contribution < -0.4 is 0 Å². The summed E-state index contributed by atoms with van der Waals surface area (Å²) in [7, 11) is 0. The number of hydrogen-bond donors (Lipinski definition) is 1. The first-order chi connectivity index (χ1) is 12.0. The number of aryl methyl sites for hydroxylation is 1. The highest BCUT2D eigenvalue weighted by atomic mass is 16.3. The van der Waals surface area contributed by atoms with E-state index < -0.39 is 0 Å². The van der Waals surface area contributed by atoms with Gasteiger partial charge in [0.2, 0.25) is 0 Å². The van der Waals surface area contributed by atoms with E-state index in [9.17, 15) is 9.90 Å². The number of hydrogen-bond acceptors (Lipinski definition) is 2. The van der Waals surface area contributed by atoms with Gasteiger partial charge < -0.3 is 9.67 Å². The molecule has 0 spiro atoms. The molecule has 0 bridgehead atoms. The molecular weight excluding hydrogens is 310 g/mol. The number of phenolic OH excluding ortho intramolecular Hbond substituents is 1. The number of aromatic hydroxyl groups is 1. The predicted molar refractivity (Wildman–Crippen MR) is 100 cm³/mol. The SMILES string of the molecule is Cc1cc(C(=O)c2ccccc2)c(C)n1C(C)Cc1ccc(O)cc1. The zero-order chi connectivity index (χ0) is 18.0. The maximum atomic E-state index is 12.8. The minimum absolute atomic E-state index is 0.0665. The fourth-order valence-electron chi connectivity index (χ4n) is 3.49. The Kier molecular flexibility index (Phi) is 4.75. The van der Waals surface area contributed by atoms with Gasteiger partial charge in [-0.2, -0.15) is 0 Å². The van der Waals surface area contributed by atoms with Crippen molar-refractivity contribution in [3.63, 3.8) is 0 Å². The molecule has 3 rings (SSSR count). The monoisotopic (exact) mass is 333 g/mol. The van der Waals surface area contributed by atoms with Crippen LogP contribution in [0.25, 0.3) is 0 Å². The summed E-state index contributed by atoms with van der Waals surface area (Å²) in [6.07, 6.45) is 0.843. The summed E-state index contributed by atoms with van der Waals surface area (Å²) < 4.78 is 2.23. The Labute approximate surface area is 148 Å². The number of carbonyl (C=O) groups excluding carboxylic acids is 1. The Morgan fingerprint density at radius 3 is 2.32 bits per heavy atom. The van der Waals surface area contributed by atoms with Gasteiger partial charge in [-0.1, -0.05) is 42.5 Å². The lowest BCUT2D eigenvalue weighted by Crippen LogP contribution is -2.12. The molecule has 128 valence electrons. The van der Waals surface area contributed by atoms with Crippen molar-refractivity contribution in [1.82, 2.24) is 4.57 Å². The van der Waals surface area contributed by atoms with E-state index in [0.717, 1.165) is 28.9 Å². The van der Waals surface area contributed by atoms with Crippen molar-refractivity contribution in [2.75, 3.05) is 0 Å². The molecule has 0 aliphatic rings. The number of aromatic nitrogens is 1. The Hall–Kier alpha value is -2.81. The van der Waals surface area contributed by atoms with E-state index in [1.54, 1.807) is 12.1 Å². The minimum Gasteiger partial charge on any atom is -0.508 e. The smallest absolute Gasteiger partial charge is 0.194 e. The maximum absolute atomic E-state index is 12.8. The van der Waals surface area contributed by atoms with Crippen molar-refractivity contribution < 1.29 is 9.90 Å². The number of phenols is 1. The molecule has 0 aliphatic heterocycles. The van der Waals surface area contributed by atoms with Crippen LogP contribution in [0.2, 0.25) is 0 Å². The molecule has 1 unspecified atom stereocenters. The fourth-order valence-corrected chi connectivity index (χ4v) is 3.49. The average molecular weight is 333 g/mol. The number of rotatable bonds is 5. The summed E-state index contributed by atoms with van der Waals surface area (Å²) in [4.78, 5) is 12.8. The number of ketones is 1. The number of carbonyl (C=O) groups is 1. The van der Waals surface area contributed by atoms with Gasteiger partial charge in [0, 0.05) is 28.6 Å². The lowest BCUT2D eigenvalue weighted by molar-refractivity contribution is 0.103. The molecule has 3 nitrogen and oxygen atoms in total. The topological polar surface area (TPSA) is 42.2 Å². The zero-order valence-corrected chi connectivity index (χ0v) is 14.9. The van der Waals surface area contributed by atoms with E-state index in [0.29, 0.717) is 5.56 Å². The van der Waals surface area contributed by atoms with Crippen LogP contribution >= 0.6 is 0 Å². The molecule has 25 heavy (non-hydrogen) atoms. The second-order valence-corrected chi connectivity index (χ2v) is 6.57. The molecule has 3 aromatic rings. The Balaban J connectivity index is 1.89. The summed E-state index contributed by atoms with van der Waals surface area (Å²) in [5.74, 6) is 0.345. The molecule has 1 heterocycles. The standard InChI is InChI=1S/C22H23NO2/c1-15(13-18-9-11-20(24)12-10-18)23-16(2)14-21(17(23)3)22(25)19-7-5-4-6-8-19/h4-12,14-15,24H,13H2,1-3H3. The first-order valence-corrected chi connectivity index (χ1v) is 8.53. The van der Waals surface area contributed by atoms with E-state index >= 15 is 0 Å². The molecule has 0 saturated carbocycles. The van der Waals surface area contributed by atoms with Crippen molar-refractivity contribution in [2.45, 2.75) is 33.2 Å². The average Bonchev–Trinajstić information content (AvgIpc) is 2.91. The molecule has 1 aromatic heterocycles. The van der Waals surface area contributed by atoms with Crippen molar-refractivity contribution in [3.8, 4) is 5.75 Å². The van der Waals surface area contributed by atoms with E-state index in [4.69, 9.17) is 0 Å². The first-order valence-electron chi connectivity index (χ1n) is 8.53. The molecule has 3 heteroatoms.